The number of rotatable bonds is 8. The molecule has 2 aromatic carbocycles. The van der Waals surface area contributed by atoms with Crippen molar-refractivity contribution in [1.82, 2.24) is 9.80 Å². The van der Waals surface area contributed by atoms with E-state index < -0.39 is 0 Å². The van der Waals surface area contributed by atoms with Crippen LogP contribution in [-0.4, -0.2) is 62.3 Å². The molecular weight excluding hydrogens is 404 g/mol. The molecule has 32 heavy (non-hydrogen) atoms. The van der Waals surface area contributed by atoms with E-state index in [-0.39, 0.29) is 12.1 Å². The Labute approximate surface area is 190 Å². The van der Waals surface area contributed by atoms with Gasteiger partial charge in [0.15, 0.2) is 0 Å². The van der Waals surface area contributed by atoms with Crippen LogP contribution in [0.4, 0.5) is 10.5 Å². The summed E-state index contributed by atoms with van der Waals surface area (Å²) in [5.41, 5.74) is 3.56. The summed E-state index contributed by atoms with van der Waals surface area (Å²) < 4.78 is 10.7. The molecule has 0 aliphatic carbocycles. The highest BCUT2D eigenvalue weighted by molar-refractivity contribution is 5.91. The van der Waals surface area contributed by atoms with Gasteiger partial charge in [-0.05, 0) is 55.2 Å². The Hall–Kier alpha value is -3.08. The van der Waals surface area contributed by atoms with Crippen LogP contribution >= 0.6 is 0 Å². The highest BCUT2D eigenvalue weighted by Gasteiger charge is 2.28. The van der Waals surface area contributed by atoms with E-state index in [1.54, 1.807) is 14.2 Å². The van der Waals surface area contributed by atoms with E-state index in [9.17, 15) is 4.79 Å². The van der Waals surface area contributed by atoms with Gasteiger partial charge in [-0.2, -0.15) is 5.26 Å². The minimum absolute atomic E-state index is 0.133. The molecule has 1 saturated heterocycles. The number of aryl methyl sites for hydroxylation is 1. The van der Waals surface area contributed by atoms with Crippen LogP contribution in [0.2, 0.25) is 0 Å². The van der Waals surface area contributed by atoms with Crippen LogP contribution in [0.25, 0.3) is 0 Å². The molecule has 0 radical (unpaired) electrons. The molecule has 1 fully saturated rings. The van der Waals surface area contributed by atoms with Gasteiger partial charge in [-0.3, -0.25) is 4.90 Å². The Morgan fingerprint density at radius 3 is 2.69 bits per heavy atom. The van der Waals surface area contributed by atoms with Gasteiger partial charge >= 0.3 is 6.03 Å². The molecule has 0 aromatic heterocycles. The van der Waals surface area contributed by atoms with Gasteiger partial charge in [-0.25, -0.2) is 4.79 Å². The summed E-state index contributed by atoms with van der Waals surface area (Å²) in [4.78, 5) is 17.5. The molecule has 1 N–H and O–H groups in total. The zero-order valence-electron chi connectivity index (χ0n) is 19.1. The smallest absolute Gasteiger partial charge is 0.322 e. The lowest BCUT2D eigenvalue weighted by Gasteiger charge is -2.38. The topological polar surface area (TPSA) is 77.8 Å². The molecule has 7 nitrogen and oxygen atoms in total. The van der Waals surface area contributed by atoms with Gasteiger partial charge in [-0.1, -0.05) is 18.2 Å². The van der Waals surface area contributed by atoms with E-state index >= 15 is 0 Å². The number of hydrogen-bond acceptors (Lipinski definition) is 5. The predicted molar refractivity (Wildman–Crippen MR) is 125 cm³/mol. The summed E-state index contributed by atoms with van der Waals surface area (Å²) >= 11 is 0. The first-order chi connectivity index (χ1) is 15.5. The van der Waals surface area contributed by atoms with Crippen molar-refractivity contribution in [3.63, 3.8) is 0 Å². The van der Waals surface area contributed by atoms with E-state index in [4.69, 9.17) is 14.7 Å². The minimum Gasteiger partial charge on any atom is -0.495 e. The van der Waals surface area contributed by atoms with Crippen molar-refractivity contribution in [2.45, 2.75) is 32.4 Å². The van der Waals surface area contributed by atoms with Gasteiger partial charge in [0.2, 0.25) is 0 Å². The fraction of sp³-hybridized carbons (Fsp3) is 0.440. The molecule has 170 valence electrons. The first-order valence-corrected chi connectivity index (χ1v) is 11.0. The maximum atomic E-state index is 13.2. The van der Waals surface area contributed by atoms with Gasteiger partial charge in [0.1, 0.15) is 5.75 Å². The molecule has 0 bridgehead atoms. The molecule has 0 spiro atoms. The summed E-state index contributed by atoms with van der Waals surface area (Å²) in [5.74, 6) is 0.644. The Balaban J connectivity index is 1.63. The van der Waals surface area contributed by atoms with Crippen LogP contribution < -0.4 is 10.1 Å². The highest BCUT2D eigenvalue weighted by atomic mass is 16.5. The molecule has 1 aliphatic rings. The molecular formula is C25H32N4O3. The van der Waals surface area contributed by atoms with Crippen molar-refractivity contribution in [2.75, 3.05) is 45.8 Å². The second-order valence-corrected chi connectivity index (χ2v) is 8.14. The van der Waals surface area contributed by atoms with Crippen LogP contribution in [0.15, 0.2) is 42.5 Å². The second kappa shape index (κ2) is 11.5. The van der Waals surface area contributed by atoms with Crippen molar-refractivity contribution in [2.24, 2.45) is 0 Å². The number of nitriles is 1. The highest BCUT2D eigenvalue weighted by Crippen LogP contribution is 2.26. The van der Waals surface area contributed by atoms with Crippen molar-refractivity contribution in [3.8, 4) is 11.8 Å². The third kappa shape index (κ3) is 6.22. The lowest BCUT2D eigenvalue weighted by Crippen LogP contribution is -2.49. The SMILES string of the molecule is COCCN(C(=O)Nc1cc(C)ccc1OC)C1CCN(Cc2cccc(C#N)c2)CC1. The summed E-state index contributed by atoms with van der Waals surface area (Å²) in [5, 5.41) is 12.1. The summed E-state index contributed by atoms with van der Waals surface area (Å²) in [6.45, 7) is 5.61. The van der Waals surface area contributed by atoms with E-state index in [1.807, 2.05) is 48.2 Å². The number of urea groups is 1. The molecule has 1 heterocycles. The van der Waals surface area contributed by atoms with Crippen LogP contribution in [0, 0.1) is 18.3 Å². The fourth-order valence-corrected chi connectivity index (χ4v) is 4.13. The first kappa shape index (κ1) is 23.6. The Morgan fingerprint density at radius 2 is 2.00 bits per heavy atom. The number of amides is 2. The molecule has 0 unspecified atom stereocenters. The summed E-state index contributed by atoms with van der Waals surface area (Å²) in [7, 11) is 3.25. The number of anilines is 1. The number of hydrogen-bond donors (Lipinski definition) is 1. The summed E-state index contributed by atoms with van der Waals surface area (Å²) in [6, 6.07) is 15.7. The minimum atomic E-state index is -0.133. The van der Waals surface area contributed by atoms with Crippen molar-refractivity contribution >= 4 is 11.7 Å². The number of likely N-dealkylation sites (tertiary alicyclic amines) is 1. The van der Waals surface area contributed by atoms with Crippen LogP contribution in [0.5, 0.6) is 5.75 Å². The lowest BCUT2D eigenvalue weighted by molar-refractivity contribution is 0.0983. The number of methoxy groups -OCH3 is 2. The molecule has 0 atom stereocenters. The monoisotopic (exact) mass is 436 g/mol. The van der Waals surface area contributed by atoms with Gasteiger partial charge in [0, 0.05) is 39.3 Å². The van der Waals surface area contributed by atoms with E-state index in [0.717, 1.165) is 43.6 Å². The van der Waals surface area contributed by atoms with Crippen LogP contribution in [0.1, 0.15) is 29.5 Å². The van der Waals surface area contributed by atoms with Crippen molar-refractivity contribution in [3.05, 3.63) is 59.2 Å². The second-order valence-electron chi connectivity index (χ2n) is 8.14. The third-order valence-corrected chi connectivity index (χ3v) is 5.85. The van der Waals surface area contributed by atoms with Gasteiger partial charge < -0.3 is 19.7 Å². The predicted octanol–water partition coefficient (Wildman–Crippen LogP) is 4.02. The number of carbonyl (C=O) groups is 1. The van der Waals surface area contributed by atoms with Gasteiger partial charge in [-0.15, -0.1) is 0 Å². The molecule has 2 aromatic rings. The quantitative estimate of drug-likeness (QED) is 0.676. The molecule has 0 saturated carbocycles. The first-order valence-electron chi connectivity index (χ1n) is 11.0. The maximum Gasteiger partial charge on any atom is 0.322 e. The lowest BCUT2D eigenvalue weighted by atomic mass is 10.0. The van der Waals surface area contributed by atoms with E-state index in [1.165, 1.54) is 0 Å². The van der Waals surface area contributed by atoms with Gasteiger partial charge in [0.25, 0.3) is 0 Å². The number of piperidine rings is 1. The van der Waals surface area contributed by atoms with Crippen LogP contribution in [-0.2, 0) is 11.3 Å². The Morgan fingerprint density at radius 1 is 1.22 bits per heavy atom. The third-order valence-electron chi connectivity index (χ3n) is 5.85. The zero-order chi connectivity index (χ0) is 22.9. The normalized spacial score (nSPS) is 14.6. The Bertz CT molecular complexity index is 948. The van der Waals surface area contributed by atoms with Crippen molar-refractivity contribution < 1.29 is 14.3 Å². The molecule has 3 rings (SSSR count). The number of carbonyl (C=O) groups excluding carboxylic acids is 1. The molecule has 2 amide bonds. The van der Waals surface area contributed by atoms with Crippen molar-refractivity contribution in [1.29, 1.82) is 5.26 Å². The average molecular weight is 437 g/mol. The largest absolute Gasteiger partial charge is 0.495 e. The standard InChI is InChI=1S/C25H32N4O3/c1-19-7-8-24(32-3)23(15-19)27-25(30)29(13-14-31-2)22-9-11-28(12-10-22)18-21-6-4-5-20(16-21)17-26/h4-8,15-16,22H,9-14,18H2,1-3H3,(H,27,30). The van der Waals surface area contributed by atoms with Gasteiger partial charge in [0.05, 0.1) is 31.0 Å². The van der Waals surface area contributed by atoms with E-state index in [2.05, 4.69) is 22.4 Å². The fourth-order valence-electron chi connectivity index (χ4n) is 4.13. The Kier molecular flexibility index (Phi) is 8.48. The van der Waals surface area contributed by atoms with Crippen LogP contribution in [0.3, 0.4) is 0 Å². The zero-order valence-corrected chi connectivity index (χ0v) is 19.1. The van der Waals surface area contributed by atoms with E-state index in [0.29, 0.717) is 30.2 Å². The maximum absolute atomic E-state index is 13.2. The average Bonchev–Trinajstić information content (AvgIpc) is 2.80. The summed E-state index contributed by atoms with van der Waals surface area (Å²) in [6.07, 6.45) is 1.78. The number of nitrogens with one attached hydrogen (secondary N) is 1. The number of ether oxygens (including phenoxy) is 2. The molecule has 1 aliphatic heterocycles. The molecule has 7 heteroatoms. The number of benzene rings is 2. The number of nitrogens with zero attached hydrogens (tertiary/aromatic N) is 3.